The first-order valence-electron chi connectivity index (χ1n) is 10.1. The molecule has 0 aliphatic heterocycles. The Labute approximate surface area is 179 Å². The molecule has 0 aliphatic carbocycles. The Morgan fingerprint density at radius 3 is 2.48 bits per heavy atom. The van der Waals surface area contributed by atoms with E-state index < -0.39 is 17.7 Å². The number of aromatic hydroxyl groups is 1. The van der Waals surface area contributed by atoms with Crippen LogP contribution in [0.5, 0.6) is 5.75 Å². The zero-order chi connectivity index (χ0) is 22.1. The van der Waals surface area contributed by atoms with Gasteiger partial charge in [0.2, 0.25) is 0 Å². The average molecular weight is 420 g/mol. The Balaban J connectivity index is 1.62. The molecule has 0 saturated heterocycles. The maximum atomic E-state index is 14.1. The van der Waals surface area contributed by atoms with Crippen LogP contribution in [0.25, 0.3) is 22.0 Å². The van der Waals surface area contributed by atoms with E-state index in [4.69, 9.17) is 0 Å². The second-order valence-corrected chi connectivity index (χ2v) is 8.71. The first-order valence-corrected chi connectivity index (χ1v) is 10.1. The molecule has 1 aromatic carbocycles. The maximum absolute atomic E-state index is 14.1. The highest BCUT2D eigenvalue weighted by Crippen LogP contribution is 2.40. The predicted molar refractivity (Wildman–Crippen MR) is 117 cm³/mol. The second-order valence-electron chi connectivity index (χ2n) is 8.71. The summed E-state index contributed by atoms with van der Waals surface area (Å²) in [7, 11) is 0. The van der Waals surface area contributed by atoms with Crippen molar-refractivity contribution >= 4 is 10.9 Å². The van der Waals surface area contributed by atoms with Gasteiger partial charge in [-0.1, -0.05) is 19.9 Å². The van der Waals surface area contributed by atoms with Crippen LogP contribution in [0.4, 0.5) is 4.39 Å². The maximum Gasteiger partial charge on any atom is 0.119 e. The first-order chi connectivity index (χ1) is 14.8. The minimum atomic E-state index is -1.60. The number of halogens is 1. The zero-order valence-corrected chi connectivity index (χ0v) is 17.5. The lowest BCUT2D eigenvalue weighted by molar-refractivity contribution is -0.00943. The van der Waals surface area contributed by atoms with Gasteiger partial charge >= 0.3 is 0 Å². The number of nitrogens with zero attached hydrogens (tertiary/aromatic N) is 3. The van der Waals surface area contributed by atoms with Crippen LogP contribution in [0.15, 0.2) is 61.4 Å². The number of aromatic nitrogens is 4. The molecule has 0 aliphatic rings. The Hall–Kier alpha value is -3.32. The van der Waals surface area contributed by atoms with Crippen LogP contribution in [0.1, 0.15) is 31.5 Å². The molecular formula is C24H25FN4O2. The summed E-state index contributed by atoms with van der Waals surface area (Å²) in [4.78, 5) is 15.4. The largest absolute Gasteiger partial charge is 0.508 e. The van der Waals surface area contributed by atoms with Crippen LogP contribution < -0.4 is 0 Å². The second kappa shape index (κ2) is 8.07. The van der Waals surface area contributed by atoms with Crippen LogP contribution in [-0.4, -0.2) is 42.4 Å². The number of nitrogens with one attached hydrogen (secondary N) is 1. The summed E-state index contributed by atoms with van der Waals surface area (Å²) in [6, 6.07) is 9.01. The highest BCUT2D eigenvalue weighted by molar-refractivity contribution is 5.79. The van der Waals surface area contributed by atoms with Crippen LogP contribution in [0.3, 0.4) is 0 Å². The molecule has 0 fully saturated rings. The van der Waals surface area contributed by atoms with E-state index in [1.54, 1.807) is 36.9 Å². The smallest absolute Gasteiger partial charge is 0.119 e. The molecule has 3 aromatic heterocycles. The predicted octanol–water partition coefficient (Wildman–Crippen LogP) is 4.34. The Kier molecular flexibility index (Phi) is 5.45. The number of hydrogen-bond donors (Lipinski definition) is 3. The number of phenols is 1. The van der Waals surface area contributed by atoms with Crippen molar-refractivity contribution in [2.75, 3.05) is 6.67 Å². The molecule has 6 nitrogen and oxygen atoms in total. The lowest BCUT2D eigenvalue weighted by Crippen LogP contribution is -2.41. The SMILES string of the molecule is CC(C)(CC(O)(CF)Cc1cc2ccncc2[nH]1)c1cc(-c2cncnc2)ccc1O. The molecule has 0 spiro atoms. The number of benzene rings is 1. The number of aromatic amines is 1. The molecule has 0 radical (unpaired) electrons. The van der Waals surface area contributed by atoms with Crippen LogP contribution >= 0.6 is 0 Å². The molecule has 4 aromatic rings. The van der Waals surface area contributed by atoms with E-state index in [0.717, 1.165) is 27.7 Å². The Morgan fingerprint density at radius 1 is 1.00 bits per heavy atom. The van der Waals surface area contributed by atoms with Gasteiger partial charge in [0.15, 0.2) is 0 Å². The molecule has 0 bridgehead atoms. The summed E-state index contributed by atoms with van der Waals surface area (Å²) in [6.45, 7) is 2.88. The van der Waals surface area contributed by atoms with Gasteiger partial charge in [0.25, 0.3) is 0 Å². The van der Waals surface area contributed by atoms with Gasteiger partial charge in [0.1, 0.15) is 18.8 Å². The lowest BCUT2D eigenvalue weighted by atomic mass is 9.73. The fourth-order valence-corrected chi connectivity index (χ4v) is 4.26. The number of fused-ring (bicyclic) bond motifs is 1. The molecule has 3 N–H and O–H groups in total. The minimum absolute atomic E-state index is 0.100. The fourth-order valence-electron chi connectivity index (χ4n) is 4.26. The molecule has 3 heterocycles. The van der Waals surface area contributed by atoms with Gasteiger partial charge in [-0.25, -0.2) is 14.4 Å². The molecule has 1 unspecified atom stereocenters. The molecule has 1 atom stereocenters. The van der Waals surface area contributed by atoms with Gasteiger partial charge in [0.05, 0.1) is 17.3 Å². The minimum Gasteiger partial charge on any atom is -0.508 e. The van der Waals surface area contributed by atoms with Crippen molar-refractivity contribution in [1.29, 1.82) is 0 Å². The molecule has 0 saturated carbocycles. The molecular weight excluding hydrogens is 395 g/mol. The van der Waals surface area contributed by atoms with E-state index in [1.165, 1.54) is 6.33 Å². The molecule has 31 heavy (non-hydrogen) atoms. The average Bonchev–Trinajstić information content (AvgIpc) is 3.16. The van der Waals surface area contributed by atoms with Gasteiger partial charge in [-0.05, 0) is 41.7 Å². The van der Waals surface area contributed by atoms with Crippen molar-refractivity contribution in [2.24, 2.45) is 0 Å². The number of pyridine rings is 1. The van der Waals surface area contributed by atoms with E-state index in [9.17, 15) is 14.6 Å². The zero-order valence-electron chi connectivity index (χ0n) is 17.5. The third kappa shape index (κ3) is 4.41. The van der Waals surface area contributed by atoms with E-state index >= 15 is 0 Å². The molecule has 4 rings (SSSR count). The van der Waals surface area contributed by atoms with E-state index in [0.29, 0.717) is 5.56 Å². The topological polar surface area (TPSA) is 94.9 Å². The molecule has 160 valence electrons. The number of aliphatic hydroxyl groups is 1. The quantitative estimate of drug-likeness (QED) is 0.413. The van der Waals surface area contributed by atoms with Crippen molar-refractivity contribution in [3.63, 3.8) is 0 Å². The molecule has 0 amide bonds. The van der Waals surface area contributed by atoms with Crippen LogP contribution in [0, 0.1) is 0 Å². The number of alkyl halides is 1. The Morgan fingerprint density at radius 2 is 1.77 bits per heavy atom. The van der Waals surface area contributed by atoms with Crippen molar-refractivity contribution < 1.29 is 14.6 Å². The van der Waals surface area contributed by atoms with Gasteiger partial charge in [0, 0.05) is 47.2 Å². The molecule has 7 heteroatoms. The number of hydrogen-bond acceptors (Lipinski definition) is 5. The van der Waals surface area contributed by atoms with E-state index in [1.807, 2.05) is 32.0 Å². The Bertz CT molecular complexity index is 1160. The van der Waals surface area contributed by atoms with Crippen molar-refractivity contribution in [3.8, 4) is 16.9 Å². The van der Waals surface area contributed by atoms with Crippen molar-refractivity contribution in [3.05, 3.63) is 72.7 Å². The van der Waals surface area contributed by atoms with Crippen LogP contribution in [0.2, 0.25) is 0 Å². The third-order valence-electron chi connectivity index (χ3n) is 5.64. The lowest BCUT2D eigenvalue weighted by Gasteiger charge is -2.35. The van der Waals surface area contributed by atoms with E-state index in [2.05, 4.69) is 19.9 Å². The van der Waals surface area contributed by atoms with Gasteiger partial charge < -0.3 is 15.2 Å². The van der Waals surface area contributed by atoms with Crippen molar-refractivity contribution in [2.45, 2.75) is 37.7 Å². The van der Waals surface area contributed by atoms with E-state index in [-0.39, 0.29) is 18.6 Å². The number of rotatable bonds is 7. The highest BCUT2D eigenvalue weighted by atomic mass is 19.1. The summed E-state index contributed by atoms with van der Waals surface area (Å²) in [5, 5.41) is 22.7. The van der Waals surface area contributed by atoms with Gasteiger partial charge in [-0.3, -0.25) is 4.98 Å². The summed E-state index contributed by atoms with van der Waals surface area (Å²) < 4.78 is 14.1. The van der Waals surface area contributed by atoms with Crippen LogP contribution in [-0.2, 0) is 11.8 Å². The summed E-state index contributed by atoms with van der Waals surface area (Å²) in [5.41, 5.74) is 1.55. The van der Waals surface area contributed by atoms with Gasteiger partial charge in [-0.15, -0.1) is 0 Å². The summed E-state index contributed by atoms with van der Waals surface area (Å²) in [5.74, 6) is 0.100. The normalized spacial score (nSPS) is 13.9. The standard InChI is InChI=1S/C24H25FN4O2/c1-23(2,20-8-16(3-4-22(20)30)18-10-27-15-28-11-18)13-24(31,14-25)9-19-7-17-5-6-26-12-21(17)29-19/h3-8,10-12,15,29-31H,9,13-14H2,1-2H3. The highest BCUT2D eigenvalue weighted by Gasteiger charge is 2.37. The fraction of sp³-hybridized carbons (Fsp3) is 0.292. The first kappa shape index (κ1) is 20.9. The summed E-state index contributed by atoms with van der Waals surface area (Å²) >= 11 is 0. The number of H-pyrrole nitrogens is 1. The van der Waals surface area contributed by atoms with Crippen molar-refractivity contribution in [1.82, 2.24) is 19.9 Å². The summed E-state index contributed by atoms with van der Waals surface area (Å²) in [6.07, 6.45) is 8.47. The number of phenolic OH excluding ortho intramolecular Hbond substituents is 1. The monoisotopic (exact) mass is 420 g/mol. The van der Waals surface area contributed by atoms with Gasteiger partial charge in [-0.2, -0.15) is 0 Å². The third-order valence-corrected chi connectivity index (χ3v) is 5.64.